The summed E-state index contributed by atoms with van der Waals surface area (Å²) in [5.41, 5.74) is 0.000443. The van der Waals surface area contributed by atoms with Gasteiger partial charge in [0.2, 0.25) is 5.82 Å². The Morgan fingerprint density at radius 2 is 2.40 bits per heavy atom. The van der Waals surface area contributed by atoms with E-state index in [4.69, 9.17) is 0 Å². The highest BCUT2D eigenvalue weighted by atomic mass is 79.9. The van der Waals surface area contributed by atoms with Crippen molar-refractivity contribution in [2.24, 2.45) is 0 Å². The molecule has 1 aromatic heterocycles. The van der Waals surface area contributed by atoms with Gasteiger partial charge in [-0.2, -0.15) is 0 Å². The quantitative estimate of drug-likeness (QED) is 0.509. The number of halogens is 1. The molecule has 0 amide bonds. The Morgan fingerprint density at radius 3 is 3.00 bits per heavy atom. The molecule has 0 aromatic carbocycles. The molecule has 0 saturated heterocycles. The number of hydrogen-bond acceptors (Lipinski definition) is 4. The number of unbranched alkanes of at least 4 members (excludes halogenated alkanes) is 1. The fourth-order valence-electron chi connectivity index (χ4n) is 1.09. The van der Waals surface area contributed by atoms with E-state index in [1.807, 2.05) is 0 Å². The van der Waals surface area contributed by atoms with Crippen molar-refractivity contribution >= 4 is 27.4 Å². The van der Waals surface area contributed by atoms with Gasteiger partial charge in [0.25, 0.3) is 0 Å². The molecule has 0 aliphatic heterocycles. The third-order valence-corrected chi connectivity index (χ3v) is 2.29. The molecule has 6 heteroatoms. The largest absolute Gasteiger partial charge is 0.364 e. The van der Waals surface area contributed by atoms with E-state index in [0.29, 0.717) is 16.8 Å². The van der Waals surface area contributed by atoms with E-state index in [1.54, 1.807) is 6.20 Å². The van der Waals surface area contributed by atoms with Gasteiger partial charge in [-0.15, -0.1) is 0 Å². The van der Waals surface area contributed by atoms with E-state index in [9.17, 15) is 10.1 Å². The average Bonchev–Trinajstić information content (AvgIpc) is 2.20. The van der Waals surface area contributed by atoms with Crippen molar-refractivity contribution in [2.75, 3.05) is 11.9 Å². The van der Waals surface area contributed by atoms with E-state index in [1.165, 1.54) is 6.07 Å². The first kappa shape index (κ1) is 11.9. The summed E-state index contributed by atoms with van der Waals surface area (Å²) in [5, 5.41) is 13.7. The van der Waals surface area contributed by atoms with Gasteiger partial charge < -0.3 is 5.32 Å². The molecule has 0 atom stereocenters. The lowest BCUT2D eigenvalue weighted by Crippen LogP contribution is -2.05. The summed E-state index contributed by atoms with van der Waals surface area (Å²) in [6.45, 7) is 2.76. The predicted molar refractivity (Wildman–Crippen MR) is 62.0 cm³/mol. The lowest BCUT2D eigenvalue weighted by molar-refractivity contribution is -0.384. The summed E-state index contributed by atoms with van der Waals surface area (Å²) in [6, 6.07) is 1.45. The number of pyridine rings is 1. The average molecular weight is 274 g/mol. The minimum atomic E-state index is -0.438. The Balaban J connectivity index is 2.81. The van der Waals surface area contributed by atoms with Crippen LogP contribution in [-0.4, -0.2) is 16.5 Å². The molecular weight excluding hydrogens is 262 g/mol. The first-order valence-corrected chi connectivity index (χ1v) is 5.48. The fraction of sp³-hybridized carbons (Fsp3) is 0.444. The molecule has 15 heavy (non-hydrogen) atoms. The van der Waals surface area contributed by atoms with Crippen molar-refractivity contribution in [1.29, 1.82) is 0 Å². The zero-order chi connectivity index (χ0) is 11.3. The molecule has 1 N–H and O–H groups in total. The van der Waals surface area contributed by atoms with Gasteiger partial charge in [0.15, 0.2) is 0 Å². The molecule has 82 valence electrons. The Hall–Kier alpha value is -1.17. The lowest BCUT2D eigenvalue weighted by Gasteiger charge is -2.04. The Kier molecular flexibility index (Phi) is 4.48. The van der Waals surface area contributed by atoms with Crippen LogP contribution in [0, 0.1) is 10.1 Å². The topological polar surface area (TPSA) is 68.1 Å². The zero-order valence-corrected chi connectivity index (χ0v) is 9.95. The van der Waals surface area contributed by atoms with Gasteiger partial charge in [-0.05, 0) is 22.4 Å². The van der Waals surface area contributed by atoms with Gasteiger partial charge in [-0.25, -0.2) is 4.98 Å². The van der Waals surface area contributed by atoms with Crippen LogP contribution in [-0.2, 0) is 0 Å². The number of aromatic nitrogens is 1. The second kappa shape index (κ2) is 5.65. The van der Waals surface area contributed by atoms with Gasteiger partial charge in [0.05, 0.1) is 4.92 Å². The minimum Gasteiger partial charge on any atom is -0.364 e. The van der Waals surface area contributed by atoms with Crippen LogP contribution in [0.4, 0.5) is 11.5 Å². The van der Waals surface area contributed by atoms with E-state index in [-0.39, 0.29) is 5.69 Å². The van der Waals surface area contributed by atoms with Gasteiger partial charge in [0, 0.05) is 23.3 Å². The monoisotopic (exact) mass is 273 g/mol. The second-order valence-electron chi connectivity index (χ2n) is 3.06. The molecule has 0 spiro atoms. The maximum absolute atomic E-state index is 10.7. The van der Waals surface area contributed by atoms with Crippen LogP contribution < -0.4 is 5.32 Å². The molecule has 1 rings (SSSR count). The Bertz CT molecular complexity index is 357. The summed E-state index contributed by atoms with van der Waals surface area (Å²) in [6.07, 6.45) is 3.55. The van der Waals surface area contributed by atoms with E-state index in [0.717, 1.165) is 12.8 Å². The summed E-state index contributed by atoms with van der Waals surface area (Å²) in [7, 11) is 0. The SMILES string of the molecule is CCCCNc1ncc(Br)cc1[N+](=O)[O-]. The van der Waals surface area contributed by atoms with Gasteiger partial charge in [-0.1, -0.05) is 13.3 Å². The fourth-order valence-corrected chi connectivity index (χ4v) is 1.41. The smallest absolute Gasteiger partial charge is 0.312 e. The number of rotatable bonds is 5. The third kappa shape index (κ3) is 3.47. The number of nitro groups is 1. The Morgan fingerprint density at radius 1 is 1.67 bits per heavy atom. The summed E-state index contributed by atoms with van der Waals surface area (Å²) >= 11 is 3.15. The highest BCUT2D eigenvalue weighted by Gasteiger charge is 2.14. The van der Waals surface area contributed by atoms with Crippen molar-refractivity contribution < 1.29 is 4.92 Å². The third-order valence-electron chi connectivity index (χ3n) is 1.85. The molecular formula is C9H12BrN3O2. The summed E-state index contributed by atoms with van der Waals surface area (Å²) < 4.78 is 0.607. The van der Waals surface area contributed by atoms with Crippen molar-refractivity contribution in [3.05, 3.63) is 26.9 Å². The number of nitrogens with one attached hydrogen (secondary N) is 1. The van der Waals surface area contributed by atoms with Crippen molar-refractivity contribution in [3.8, 4) is 0 Å². The molecule has 1 heterocycles. The normalized spacial score (nSPS) is 10.0. The molecule has 1 aromatic rings. The van der Waals surface area contributed by atoms with Crippen molar-refractivity contribution in [3.63, 3.8) is 0 Å². The standard InChI is InChI=1S/C9H12BrN3O2/c1-2-3-4-11-9-8(13(14)15)5-7(10)6-12-9/h5-6H,2-4H2,1H3,(H,11,12). The lowest BCUT2D eigenvalue weighted by atomic mass is 10.3. The van der Waals surface area contributed by atoms with Crippen molar-refractivity contribution in [1.82, 2.24) is 4.98 Å². The summed E-state index contributed by atoms with van der Waals surface area (Å²) in [4.78, 5) is 14.2. The molecule has 0 fully saturated rings. The van der Waals surface area contributed by atoms with Crippen molar-refractivity contribution in [2.45, 2.75) is 19.8 Å². The minimum absolute atomic E-state index is 0.000443. The highest BCUT2D eigenvalue weighted by Crippen LogP contribution is 2.25. The van der Waals surface area contributed by atoms with Crippen LogP contribution in [0.3, 0.4) is 0 Å². The summed E-state index contributed by atoms with van der Waals surface area (Å²) in [5.74, 6) is 0.330. The number of hydrogen-bond donors (Lipinski definition) is 1. The molecule has 0 radical (unpaired) electrons. The maximum Gasteiger partial charge on any atom is 0.312 e. The Labute approximate surface area is 96.2 Å². The zero-order valence-electron chi connectivity index (χ0n) is 8.36. The molecule has 0 unspecified atom stereocenters. The van der Waals surface area contributed by atoms with Crippen LogP contribution in [0.5, 0.6) is 0 Å². The van der Waals surface area contributed by atoms with Crippen LogP contribution in [0.25, 0.3) is 0 Å². The molecule has 0 aliphatic carbocycles. The van der Waals surface area contributed by atoms with Gasteiger partial charge in [-0.3, -0.25) is 10.1 Å². The predicted octanol–water partition coefficient (Wildman–Crippen LogP) is 2.96. The number of nitrogens with zero attached hydrogens (tertiary/aromatic N) is 2. The molecule has 0 bridgehead atoms. The molecule has 5 nitrogen and oxygen atoms in total. The first-order valence-electron chi connectivity index (χ1n) is 4.69. The second-order valence-corrected chi connectivity index (χ2v) is 3.97. The highest BCUT2D eigenvalue weighted by molar-refractivity contribution is 9.10. The van der Waals surface area contributed by atoms with E-state index < -0.39 is 4.92 Å². The van der Waals surface area contributed by atoms with E-state index >= 15 is 0 Å². The van der Waals surface area contributed by atoms with Gasteiger partial charge >= 0.3 is 5.69 Å². The number of anilines is 1. The van der Waals surface area contributed by atoms with Crippen LogP contribution in [0.2, 0.25) is 0 Å². The molecule has 0 aliphatic rings. The van der Waals surface area contributed by atoms with Crippen LogP contribution >= 0.6 is 15.9 Å². The van der Waals surface area contributed by atoms with Crippen LogP contribution in [0.1, 0.15) is 19.8 Å². The van der Waals surface area contributed by atoms with E-state index in [2.05, 4.69) is 33.2 Å². The maximum atomic E-state index is 10.7. The first-order chi connectivity index (χ1) is 7.15. The molecule has 0 saturated carbocycles. The van der Waals surface area contributed by atoms with Crippen LogP contribution in [0.15, 0.2) is 16.7 Å². The van der Waals surface area contributed by atoms with Gasteiger partial charge in [0.1, 0.15) is 0 Å².